The van der Waals surface area contributed by atoms with Gasteiger partial charge < -0.3 is 9.67 Å². The van der Waals surface area contributed by atoms with Crippen LogP contribution < -0.4 is 0 Å². The molecule has 1 aromatic carbocycles. The number of aromatic nitrogens is 1. The smallest absolute Gasteiger partial charge is 0.0832 e. The van der Waals surface area contributed by atoms with Gasteiger partial charge in [-0.2, -0.15) is 0 Å². The van der Waals surface area contributed by atoms with Gasteiger partial charge in [-0.15, -0.1) is 0 Å². The van der Waals surface area contributed by atoms with E-state index in [4.69, 9.17) is 0 Å². The molecular formula is C15H19NO. The van der Waals surface area contributed by atoms with E-state index in [9.17, 15) is 5.11 Å². The lowest BCUT2D eigenvalue weighted by Gasteiger charge is -2.14. The minimum Gasteiger partial charge on any atom is -0.390 e. The molecule has 0 aliphatic carbocycles. The van der Waals surface area contributed by atoms with Crippen LogP contribution in [0.15, 0.2) is 30.5 Å². The first kappa shape index (κ1) is 11.9. The molecule has 1 N–H and O–H groups in total. The summed E-state index contributed by atoms with van der Waals surface area (Å²) in [6.07, 6.45) is 2.02. The average molecular weight is 229 g/mol. The van der Waals surface area contributed by atoms with Gasteiger partial charge in [0.25, 0.3) is 0 Å². The van der Waals surface area contributed by atoms with E-state index in [1.54, 1.807) is 0 Å². The molecule has 1 aromatic heterocycles. The monoisotopic (exact) mass is 229 g/mol. The highest BCUT2D eigenvalue weighted by Crippen LogP contribution is 2.18. The van der Waals surface area contributed by atoms with Gasteiger partial charge in [0.15, 0.2) is 0 Å². The first-order chi connectivity index (χ1) is 8.11. The second-order valence-corrected chi connectivity index (χ2v) is 4.66. The van der Waals surface area contributed by atoms with Crippen LogP contribution >= 0.6 is 0 Å². The Kier molecular flexibility index (Phi) is 3.34. The van der Waals surface area contributed by atoms with Crippen molar-refractivity contribution in [2.75, 3.05) is 0 Å². The number of aliphatic hydroxyl groups excluding tert-OH is 1. The highest BCUT2D eigenvalue weighted by atomic mass is 16.3. The van der Waals surface area contributed by atoms with Crippen LogP contribution in [0.4, 0.5) is 0 Å². The molecule has 2 heteroatoms. The summed E-state index contributed by atoms with van der Waals surface area (Å²) in [5, 5.41) is 9.25. The fraction of sp³-hybridized carbons (Fsp3) is 0.333. The number of benzene rings is 1. The van der Waals surface area contributed by atoms with Gasteiger partial charge in [0.1, 0.15) is 0 Å². The number of rotatable bonds is 3. The minimum absolute atomic E-state index is 0.0942. The molecule has 0 aliphatic heterocycles. The molecule has 0 unspecified atom stereocenters. The highest BCUT2D eigenvalue weighted by molar-refractivity contribution is 5.37. The molecule has 0 atom stereocenters. The second-order valence-electron chi connectivity index (χ2n) is 4.66. The van der Waals surface area contributed by atoms with Gasteiger partial charge in [-0.25, -0.2) is 0 Å². The molecule has 0 radical (unpaired) electrons. The van der Waals surface area contributed by atoms with Crippen molar-refractivity contribution in [3.8, 4) is 0 Å². The molecule has 2 nitrogen and oxygen atoms in total. The standard InChI is InChI=1S/C15H19NO/c1-11-7-12(2)15(13(3)8-11)9-16-6-4-5-14(16)10-17/h4-8,17H,9-10H2,1-3H3. The van der Waals surface area contributed by atoms with Crippen molar-refractivity contribution >= 4 is 0 Å². The van der Waals surface area contributed by atoms with Gasteiger partial charge in [-0.1, -0.05) is 17.7 Å². The first-order valence-corrected chi connectivity index (χ1v) is 5.93. The molecule has 0 saturated heterocycles. The summed E-state index contributed by atoms with van der Waals surface area (Å²) in [6.45, 7) is 7.35. The third-order valence-corrected chi connectivity index (χ3v) is 3.25. The molecule has 0 bridgehead atoms. The number of aryl methyl sites for hydroxylation is 3. The Morgan fingerprint density at radius 1 is 1.12 bits per heavy atom. The van der Waals surface area contributed by atoms with Crippen molar-refractivity contribution in [1.82, 2.24) is 4.57 Å². The van der Waals surface area contributed by atoms with Crippen LogP contribution in [0.5, 0.6) is 0 Å². The van der Waals surface area contributed by atoms with Gasteiger partial charge in [0, 0.05) is 18.4 Å². The summed E-state index contributed by atoms with van der Waals surface area (Å²) in [5.41, 5.74) is 6.25. The number of nitrogens with zero attached hydrogens (tertiary/aromatic N) is 1. The lowest BCUT2D eigenvalue weighted by Crippen LogP contribution is -2.06. The Bertz CT molecular complexity index is 502. The summed E-state index contributed by atoms with van der Waals surface area (Å²) in [7, 11) is 0. The van der Waals surface area contributed by atoms with Crippen LogP contribution in [0.2, 0.25) is 0 Å². The minimum atomic E-state index is 0.0942. The Morgan fingerprint density at radius 3 is 2.35 bits per heavy atom. The number of hydrogen-bond acceptors (Lipinski definition) is 1. The van der Waals surface area contributed by atoms with Gasteiger partial charge >= 0.3 is 0 Å². The van der Waals surface area contributed by atoms with Gasteiger partial charge in [-0.3, -0.25) is 0 Å². The lowest BCUT2D eigenvalue weighted by atomic mass is 10.00. The third-order valence-electron chi connectivity index (χ3n) is 3.25. The van der Waals surface area contributed by atoms with Crippen molar-refractivity contribution in [1.29, 1.82) is 0 Å². The third kappa shape index (κ3) is 2.42. The Balaban J connectivity index is 2.36. The van der Waals surface area contributed by atoms with E-state index < -0.39 is 0 Å². The fourth-order valence-corrected chi connectivity index (χ4v) is 2.38. The Morgan fingerprint density at radius 2 is 1.76 bits per heavy atom. The van der Waals surface area contributed by atoms with Crippen LogP contribution in [0.1, 0.15) is 27.9 Å². The van der Waals surface area contributed by atoms with E-state index >= 15 is 0 Å². The van der Waals surface area contributed by atoms with E-state index in [1.165, 1.54) is 22.3 Å². The van der Waals surface area contributed by atoms with Crippen molar-refractivity contribution in [2.24, 2.45) is 0 Å². The molecular weight excluding hydrogens is 210 g/mol. The molecule has 0 spiro atoms. The quantitative estimate of drug-likeness (QED) is 0.860. The summed E-state index contributed by atoms with van der Waals surface area (Å²) in [5.74, 6) is 0. The van der Waals surface area contributed by atoms with E-state index in [0.717, 1.165) is 12.2 Å². The normalized spacial score (nSPS) is 10.8. The van der Waals surface area contributed by atoms with Crippen LogP contribution in [0, 0.1) is 20.8 Å². The van der Waals surface area contributed by atoms with Crippen LogP contribution in [0.25, 0.3) is 0 Å². The van der Waals surface area contributed by atoms with Crippen molar-refractivity contribution < 1.29 is 5.11 Å². The fourth-order valence-electron chi connectivity index (χ4n) is 2.38. The molecule has 2 aromatic rings. The lowest BCUT2D eigenvalue weighted by molar-refractivity contribution is 0.271. The average Bonchev–Trinajstić information content (AvgIpc) is 2.70. The van der Waals surface area contributed by atoms with E-state index in [0.29, 0.717) is 0 Å². The first-order valence-electron chi connectivity index (χ1n) is 5.93. The molecule has 0 saturated carbocycles. The maximum atomic E-state index is 9.25. The summed E-state index contributed by atoms with van der Waals surface area (Å²) >= 11 is 0. The van der Waals surface area contributed by atoms with Gasteiger partial charge in [0.05, 0.1) is 6.61 Å². The van der Waals surface area contributed by atoms with Gasteiger partial charge in [-0.05, 0) is 49.6 Å². The molecule has 0 fully saturated rings. The number of aliphatic hydroxyl groups is 1. The van der Waals surface area contributed by atoms with Crippen LogP contribution in [-0.4, -0.2) is 9.67 Å². The highest BCUT2D eigenvalue weighted by Gasteiger charge is 2.06. The van der Waals surface area contributed by atoms with Crippen molar-refractivity contribution in [2.45, 2.75) is 33.9 Å². The molecule has 1 heterocycles. The van der Waals surface area contributed by atoms with Crippen LogP contribution in [-0.2, 0) is 13.2 Å². The van der Waals surface area contributed by atoms with Crippen molar-refractivity contribution in [3.05, 3.63) is 58.4 Å². The maximum absolute atomic E-state index is 9.25. The zero-order valence-corrected chi connectivity index (χ0v) is 10.7. The zero-order valence-electron chi connectivity index (χ0n) is 10.7. The van der Waals surface area contributed by atoms with E-state index in [1.807, 2.05) is 18.3 Å². The van der Waals surface area contributed by atoms with Crippen molar-refractivity contribution in [3.63, 3.8) is 0 Å². The molecule has 90 valence electrons. The molecule has 17 heavy (non-hydrogen) atoms. The Hall–Kier alpha value is -1.54. The molecule has 0 amide bonds. The molecule has 0 aliphatic rings. The van der Waals surface area contributed by atoms with Gasteiger partial charge in [0.2, 0.25) is 0 Å². The second kappa shape index (κ2) is 4.76. The van der Waals surface area contributed by atoms with E-state index in [2.05, 4.69) is 37.5 Å². The predicted molar refractivity (Wildman–Crippen MR) is 70.1 cm³/mol. The number of hydrogen-bond donors (Lipinski definition) is 1. The van der Waals surface area contributed by atoms with E-state index in [-0.39, 0.29) is 6.61 Å². The zero-order chi connectivity index (χ0) is 12.4. The summed E-state index contributed by atoms with van der Waals surface area (Å²) in [6, 6.07) is 8.36. The SMILES string of the molecule is Cc1cc(C)c(Cn2cccc2CO)c(C)c1. The Labute approximate surface area is 103 Å². The molecule has 2 rings (SSSR count). The topological polar surface area (TPSA) is 25.2 Å². The predicted octanol–water partition coefficient (Wildman–Crippen LogP) is 2.95. The van der Waals surface area contributed by atoms with Crippen LogP contribution in [0.3, 0.4) is 0 Å². The maximum Gasteiger partial charge on any atom is 0.0832 e. The summed E-state index contributed by atoms with van der Waals surface area (Å²) in [4.78, 5) is 0. The largest absolute Gasteiger partial charge is 0.390 e. The summed E-state index contributed by atoms with van der Waals surface area (Å²) < 4.78 is 2.10.